The highest BCUT2D eigenvalue weighted by Gasteiger charge is 1.96. The van der Waals surface area contributed by atoms with E-state index in [9.17, 15) is 4.79 Å². The molecule has 148 valence electrons. The van der Waals surface area contributed by atoms with Crippen molar-refractivity contribution in [1.29, 1.82) is 0 Å². The van der Waals surface area contributed by atoms with Gasteiger partial charge in [-0.1, -0.05) is 70.4 Å². The minimum absolute atomic E-state index is 0.332. The quantitative estimate of drug-likeness (QED) is 0.257. The second-order valence-corrected chi connectivity index (χ2v) is 7.05. The lowest BCUT2D eigenvalue weighted by Crippen LogP contribution is -1.93. The van der Waals surface area contributed by atoms with Crippen LogP contribution in [0.5, 0.6) is 0 Å². The predicted molar refractivity (Wildman–Crippen MR) is 107 cm³/mol. The van der Waals surface area contributed by atoms with Crippen LogP contribution in [0, 0.1) is 0 Å². The fourth-order valence-electron chi connectivity index (χ4n) is 2.86. The van der Waals surface area contributed by atoms with Crippen molar-refractivity contribution >= 4 is 5.97 Å². The molecule has 0 aromatic rings. The average Bonchev–Trinajstić information content (AvgIpc) is 3.18. The number of rotatable bonds is 15. The van der Waals surface area contributed by atoms with Crippen LogP contribution in [0.4, 0.5) is 0 Å². The van der Waals surface area contributed by atoms with Gasteiger partial charge in [0.2, 0.25) is 0 Å². The number of ether oxygens (including phenoxy) is 1. The maximum Gasteiger partial charge on any atom is 0.303 e. The van der Waals surface area contributed by atoms with Crippen molar-refractivity contribution < 1.29 is 14.6 Å². The average molecular weight is 355 g/mol. The van der Waals surface area contributed by atoms with Crippen LogP contribution in [0.1, 0.15) is 110 Å². The van der Waals surface area contributed by atoms with Gasteiger partial charge in [-0.15, -0.1) is 0 Å². The lowest BCUT2D eigenvalue weighted by atomic mass is 10.1. The Morgan fingerprint density at radius 3 is 1.72 bits per heavy atom. The first-order chi connectivity index (χ1) is 12.3. The van der Waals surface area contributed by atoms with Crippen molar-refractivity contribution in [2.75, 3.05) is 13.2 Å². The van der Waals surface area contributed by atoms with E-state index in [4.69, 9.17) is 9.84 Å². The fourth-order valence-corrected chi connectivity index (χ4v) is 2.86. The number of unbranched alkanes of at least 4 members (excludes halogenated alkanes) is 11. The summed E-state index contributed by atoms with van der Waals surface area (Å²) >= 11 is 0. The topological polar surface area (TPSA) is 46.5 Å². The van der Waals surface area contributed by atoms with E-state index >= 15 is 0 Å². The van der Waals surface area contributed by atoms with Crippen molar-refractivity contribution in [3.8, 4) is 0 Å². The molecule has 3 nitrogen and oxygen atoms in total. The maximum absolute atomic E-state index is 10.3. The molecule has 0 saturated carbocycles. The predicted octanol–water partition coefficient (Wildman–Crippen LogP) is 6.91. The van der Waals surface area contributed by atoms with Gasteiger partial charge < -0.3 is 9.84 Å². The molecule has 1 aliphatic rings. The van der Waals surface area contributed by atoms with Gasteiger partial charge in [0.1, 0.15) is 0 Å². The normalized spacial score (nSPS) is 13.8. The molecular formula is C22H42O3. The summed E-state index contributed by atoms with van der Waals surface area (Å²) in [5.41, 5.74) is 0. The molecule has 0 spiro atoms. The van der Waals surface area contributed by atoms with Crippen molar-refractivity contribution in [2.45, 2.75) is 110 Å². The monoisotopic (exact) mass is 354 g/mol. The van der Waals surface area contributed by atoms with Gasteiger partial charge in [-0.2, -0.15) is 0 Å². The standard InChI is InChI=1S/C18H34O2.C4H8O/c1-2-3-4-5-6-7-8-9-10-11-12-13-14-15-16-17-18(19)20;1-2-4-5-3-1/h9-10H,2-8,11-17H2,1H3,(H,19,20);1-4H2/b10-9-;. The Morgan fingerprint density at radius 1 is 0.800 bits per heavy atom. The smallest absolute Gasteiger partial charge is 0.303 e. The van der Waals surface area contributed by atoms with Crippen LogP contribution in [0.15, 0.2) is 12.2 Å². The molecule has 1 aliphatic heterocycles. The van der Waals surface area contributed by atoms with E-state index in [1.165, 1.54) is 83.5 Å². The van der Waals surface area contributed by atoms with E-state index in [-0.39, 0.29) is 0 Å². The second-order valence-electron chi connectivity index (χ2n) is 7.05. The summed E-state index contributed by atoms with van der Waals surface area (Å²) in [6.45, 7) is 4.26. The number of aliphatic carboxylic acids is 1. The minimum Gasteiger partial charge on any atom is -0.481 e. The summed E-state index contributed by atoms with van der Waals surface area (Å²) in [5.74, 6) is -0.664. The third kappa shape index (κ3) is 23.2. The van der Waals surface area contributed by atoms with Gasteiger partial charge in [-0.25, -0.2) is 0 Å². The van der Waals surface area contributed by atoms with Gasteiger partial charge in [0.25, 0.3) is 0 Å². The van der Waals surface area contributed by atoms with Crippen molar-refractivity contribution in [3.63, 3.8) is 0 Å². The first-order valence-electron chi connectivity index (χ1n) is 10.7. The summed E-state index contributed by atoms with van der Waals surface area (Å²) in [7, 11) is 0. The van der Waals surface area contributed by atoms with E-state index in [1.807, 2.05) is 0 Å². The zero-order chi connectivity index (χ0) is 18.4. The third-order valence-electron chi connectivity index (χ3n) is 4.48. The van der Waals surface area contributed by atoms with Crippen LogP contribution in [0.3, 0.4) is 0 Å². The van der Waals surface area contributed by atoms with E-state index in [0.29, 0.717) is 6.42 Å². The van der Waals surface area contributed by atoms with Gasteiger partial charge >= 0.3 is 5.97 Å². The number of carboxylic acids is 1. The van der Waals surface area contributed by atoms with Crippen LogP contribution < -0.4 is 0 Å². The Morgan fingerprint density at radius 2 is 1.28 bits per heavy atom. The Bertz CT molecular complexity index is 288. The van der Waals surface area contributed by atoms with E-state index < -0.39 is 5.97 Å². The largest absolute Gasteiger partial charge is 0.481 e. The second kappa shape index (κ2) is 21.2. The highest BCUT2D eigenvalue weighted by molar-refractivity contribution is 5.66. The van der Waals surface area contributed by atoms with Crippen molar-refractivity contribution in [3.05, 3.63) is 12.2 Å². The molecule has 1 fully saturated rings. The number of hydrogen-bond donors (Lipinski definition) is 1. The lowest BCUT2D eigenvalue weighted by molar-refractivity contribution is -0.137. The molecule has 0 atom stereocenters. The van der Waals surface area contributed by atoms with Crippen LogP contribution in [-0.2, 0) is 9.53 Å². The van der Waals surface area contributed by atoms with Gasteiger partial charge in [0.15, 0.2) is 0 Å². The molecule has 0 aromatic heterocycles. The molecule has 1 rings (SSSR count). The van der Waals surface area contributed by atoms with Crippen LogP contribution in [-0.4, -0.2) is 24.3 Å². The highest BCUT2D eigenvalue weighted by atomic mass is 16.5. The molecule has 3 heteroatoms. The summed E-state index contributed by atoms with van der Waals surface area (Å²) in [6.07, 6.45) is 23.8. The van der Waals surface area contributed by atoms with Gasteiger partial charge in [0.05, 0.1) is 0 Å². The summed E-state index contributed by atoms with van der Waals surface area (Å²) in [5, 5.41) is 8.51. The Hall–Kier alpha value is -0.830. The first-order valence-corrected chi connectivity index (χ1v) is 10.7. The maximum atomic E-state index is 10.3. The van der Waals surface area contributed by atoms with Crippen molar-refractivity contribution in [2.24, 2.45) is 0 Å². The highest BCUT2D eigenvalue weighted by Crippen LogP contribution is 2.09. The van der Waals surface area contributed by atoms with E-state index in [2.05, 4.69) is 19.1 Å². The fraction of sp³-hybridized carbons (Fsp3) is 0.864. The Kier molecular flexibility index (Phi) is 20.5. The molecular weight excluding hydrogens is 312 g/mol. The summed E-state index contributed by atoms with van der Waals surface area (Å²) < 4.78 is 4.94. The third-order valence-corrected chi connectivity index (χ3v) is 4.48. The van der Waals surface area contributed by atoms with Crippen LogP contribution >= 0.6 is 0 Å². The molecule has 25 heavy (non-hydrogen) atoms. The molecule has 0 unspecified atom stereocenters. The molecule has 0 aromatic carbocycles. The molecule has 0 radical (unpaired) electrons. The van der Waals surface area contributed by atoms with Gasteiger partial charge in [-0.3, -0.25) is 4.79 Å². The minimum atomic E-state index is -0.664. The SMILES string of the molecule is C1CCOC1.CCCCCCCC/C=C\CCCCCCCC(=O)O. The number of hydrogen-bond acceptors (Lipinski definition) is 2. The first kappa shape index (κ1) is 24.2. The van der Waals surface area contributed by atoms with Crippen LogP contribution in [0.2, 0.25) is 0 Å². The Labute approximate surface area is 156 Å². The molecule has 1 N–H and O–H groups in total. The zero-order valence-corrected chi connectivity index (χ0v) is 16.6. The van der Waals surface area contributed by atoms with Gasteiger partial charge in [0, 0.05) is 19.6 Å². The molecule has 0 amide bonds. The molecule has 0 aliphatic carbocycles. The zero-order valence-electron chi connectivity index (χ0n) is 16.6. The number of carbonyl (C=O) groups is 1. The van der Waals surface area contributed by atoms with E-state index in [1.54, 1.807) is 0 Å². The van der Waals surface area contributed by atoms with Gasteiger partial charge in [-0.05, 0) is 44.9 Å². The molecule has 1 heterocycles. The van der Waals surface area contributed by atoms with Crippen molar-refractivity contribution in [1.82, 2.24) is 0 Å². The number of allylic oxidation sites excluding steroid dienone is 2. The summed E-state index contributed by atoms with van der Waals surface area (Å²) in [4.78, 5) is 10.3. The molecule has 0 bridgehead atoms. The molecule has 1 saturated heterocycles. The summed E-state index contributed by atoms with van der Waals surface area (Å²) in [6, 6.07) is 0. The van der Waals surface area contributed by atoms with Crippen LogP contribution in [0.25, 0.3) is 0 Å². The van der Waals surface area contributed by atoms with E-state index in [0.717, 1.165) is 26.1 Å². The Balaban J connectivity index is 0.000000972. The lowest BCUT2D eigenvalue weighted by Gasteiger charge is -1.99. The number of carboxylic acid groups (broad SMARTS) is 1.